The van der Waals surface area contributed by atoms with E-state index < -0.39 is 10.7 Å². The van der Waals surface area contributed by atoms with Crippen molar-refractivity contribution in [2.75, 3.05) is 27.4 Å². The monoisotopic (exact) mass is 489 g/mol. The van der Waals surface area contributed by atoms with Crippen LogP contribution in [-0.4, -0.2) is 30.0 Å². The molecule has 5 rings (SSSR count). The molecular formula is C27H24FN3O3S. The predicted molar refractivity (Wildman–Crippen MR) is 136 cm³/mol. The molecular weight excluding hydrogens is 465 g/mol. The second-order valence-electron chi connectivity index (χ2n) is 8.87. The maximum Gasteiger partial charge on any atom is 0.269 e. The number of aryl methyl sites for hydroxylation is 3. The Bertz CT molecular complexity index is 1350. The van der Waals surface area contributed by atoms with Crippen LogP contribution in [0, 0.1) is 26.6 Å². The number of para-hydroxylation sites is 1. The van der Waals surface area contributed by atoms with E-state index in [4.69, 9.17) is 0 Å². The number of benzene rings is 3. The van der Waals surface area contributed by atoms with Gasteiger partial charge in [-0.15, -0.1) is 11.8 Å². The first kappa shape index (κ1) is 23.1. The quantitative estimate of drug-likeness (QED) is 0.578. The van der Waals surface area contributed by atoms with Crippen LogP contribution < -0.4 is 15.1 Å². The largest absolute Gasteiger partial charge is 0.324 e. The van der Waals surface area contributed by atoms with E-state index in [1.54, 1.807) is 12.1 Å². The number of amides is 3. The molecule has 6 nitrogen and oxygen atoms in total. The van der Waals surface area contributed by atoms with Gasteiger partial charge in [-0.1, -0.05) is 35.9 Å². The molecule has 35 heavy (non-hydrogen) atoms. The number of hydrogen-bond acceptors (Lipinski definition) is 4. The summed E-state index contributed by atoms with van der Waals surface area (Å²) in [6.45, 7) is 5.67. The minimum Gasteiger partial charge on any atom is -0.324 e. The second kappa shape index (κ2) is 8.53. The fourth-order valence-electron chi connectivity index (χ4n) is 5.00. The number of carbonyl (C=O) groups excluding carboxylic acids is 3. The molecule has 0 saturated carbocycles. The number of nitrogens with zero attached hydrogens (tertiary/aromatic N) is 2. The minimum absolute atomic E-state index is 0.0965. The van der Waals surface area contributed by atoms with Crippen LogP contribution in [0.1, 0.15) is 22.3 Å². The van der Waals surface area contributed by atoms with Gasteiger partial charge in [-0.3, -0.25) is 24.2 Å². The van der Waals surface area contributed by atoms with Gasteiger partial charge < -0.3 is 5.32 Å². The molecule has 3 aromatic carbocycles. The number of hydrogen-bond donors (Lipinski definition) is 1. The molecule has 2 aliphatic rings. The lowest BCUT2D eigenvalue weighted by Gasteiger charge is -2.33. The van der Waals surface area contributed by atoms with Crippen molar-refractivity contribution in [3.05, 3.63) is 88.7 Å². The molecule has 2 heterocycles. The molecule has 3 aromatic rings. The van der Waals surface area contributed by atoms with E-state index in [1.165, 1.54) is 45.8 Å². The number of fused-ring (bicyclic) bond motifs is 2. The molecule has 1 atom stereocenters. The van der Waals surface area contributed by atoms with E-state index in [9.17, 15) is 18.8 Å². The number of nitrogens with one attached hydrogen (secondary N) is 1. The Morgan fingerprint density at radius 2 is 1.69 bits per heavy atom. The Morgan fingerprint density at radius 3 is 2.37 bits per heavy atom. The Kier molecular flexibility index (Phi) is 5.63. The number of carbonyl (C=O) groups is 3. The van der Waals surface area contributed by atoms with Crippen molar-refractivity contribution >= 4 is 46.5 Å². The zero-order valence-corrected chi connectivity index (χ0v) is 20.4. The van der Waals surface area contributed by atoms with Gasteiger partial charge in [-0.25, -0.2) is 4.39 Å². The summed E-state index contributed by atoms with van der Waals surface area (Å²) in [5.74, 6) is -1.28. The summed E-state index contributed by atoms with van der Waals surface area (Å²) >= 11 is 1.22. The average Bonchev–Trinajstić information content (AvgIpc) is 3.28. The summed E-state index contributed by atoms with van der Waals surface area (Å²) < 4.78 is 13.6. The smallest absolute Gasteiger partial charge is 0.269 e. The molecule has 0 aromatic heterocycles. The van der Waals surface area contributed by atoms with Gasteiger partial charge in [0, 0.05) is 16.9 Å². The Balaban J connectivity index is 1.51. The zero-order chi connectivity index (χ0) is 24.9. The highest BCUT2D eigenvalue weighted by atomic mass is 32.2. The molecule has 1 N–H and O–H groups in total. The highest BCUT2D eigenvalue weighted by molar-refractivity contribution is 8.02. The van der Waals surface area contributed by atoms with E-state index in [-0.39, 0.29) is 30.0 Å². The molecule has 0 unspecified atom stereocenters. The topological polar surface area (TPSA) is 69.7 Å². The lowest BCUT2D eigenvalue weighted by Crippen LogP contribution is -2.50. The Hall–Kier alpha value is -3.65. The lowest BCUT2D eigenvalue weighted by atomic mass is 10.0. The Labute approximate surface area is 207 Å². The van der Waals surface area contributed by atoms with Gasteiger partial charge in [0.1, 0.15) is 12.4 Å². The van der Waals surface area contributed by atoms with Gasteiger partial charge in [0.2, 0.25) is 16.7 Å². The van der Waals surface area contributed by atoms with Gasteiger partial charge in [-0.05, 0) is 62.2 Å². The van der Waals surface area contributed by atoms with Crippen LogP contribution in [0.15, 0.2) is 60.7 Å². The van der Waals surface area contributed by atoms with Crippen molar-refractivity contribution in [3.8, 4) is 0 Å². The predicted octanol–water partition coefficient (Wildman–Crippen LogP) is 4.67. The van der Waals surface area contributed by atoms with Gasteiger partial charge in [0.15, 0.2) is 0 Å². The van der Waals surface area contributed by atoms with Crippen LogP contribution in [-0.2, 0) is 19.3 Å². The maximum atomic E-state index is 14.0. The molecule has 0 radical (unpaired) electrons. The molecule has 8 heteroatoms. The van der Waals surface area contributed by atoms with Crippen LogP contribution in [0.5, 0.6) is 0 Å². The summed E-state index contributed by atoms with van der Waals surface area (Å²) in [5, 5.41) is 2.96. The number of rotatable bonds is 4. The zero-order valence-electron chi connectivity index (χ0n) is 19.6. The van der Waals surface area contributed by atoms with Crippen molar-refractivity contribution in [1.29, 1.82) is 0 Å². The number of thioether (sulfide) groups is 1. The molecule has 0 bridgehead atoms. The van der Waals surface area contributed by atoms with Crippen molar-refractivity contribution in [3.63, 3.8) is 0 Å². The lowest BCUT2D eigenvalue weighted by molar-refractivity contribution is -0.124. The van der Waals surface area contributed by atoms with Crippen molar-refractivity contribution in [2.24, 2.45) is 0 Å². The third-order valence-corrected chi connectivity index (χ3v) is 7.78. The summed E-state index contributed by atoms with van der Waals surface area (Å²) in [6.07, 6.45) is 0. The van der Waals surface area contributed by atoms with Crippen LogP contribution in [0.3, 0.4) is 0 Å². The number of anilines is 3. The van der Waals surface area contributed by atoms with Gasteiger partial charge in [-0.2, -0.15) is 0 Å². The molecule has 1 spiro atoms. The highest BCUT2D eigenvalue weighted by Crippen LogP contribution is 2.55. The van der Waals surface area contributed by atoms with Crippen LogP contribution in [0.2, 0.25) is 0 Å². The summed E-state index contributed by atoms with van der Waals surface area (Å²) in [6, 6.07) is 16.7. The third kappa shape index (κ3) is 3.69. The highest BCUT2D eigenvalue weighted by Gasteiger charge is 2.61. The maximum absolute atomic E-state index is 14.0. The van der Waals surface area contributed by atoms with Crippen LogP contribution in [0.25, 0.3) is 0 Å². The Morgan fingerprint density at radius 1 is 1.03 bits per heavy atom. The standard InChI is InChI=1S/C27H24FN3O3S/c1-16-12-17(2)25(18(3)13-16)29-23(32)14-30-22-7-5-4-6-21(22)27(26(30)34)31(24(33)15-35-27)20-10-8-19(28)9-11-20/h4-13H,14-15H2,1-3H3,(H,29,32)/t27-/m1/s1. The molecule has 1 saturated heterocycles. The molecule has 0 aliphatic carbocycles. The summed E-state index contributed by atoms with van der Waals surface area (Å²) in [7, 11) is 0. The fourth-order valence-corrected chi connectivity index (χ4v) is 6.36. The van der Waals surface area contributed by atoms with Gasteiger partial charge in [0.05, 0.1) is 11.4 Å². The van der Waals surface area contributed by atoms with E-state index in [2.05, 4.69) is 5.32 Å². The summed E-state index contributed by atoms with van der Waals surface area (Å²) in [5.41, 5.74) is 5.38. The van der Waals surface area contributed by atoms with Crippen LogP contribution >= 0.6 is 11.8 Å². The van der Waals surface area contributed by atoms with E-state index in [0.29, 0.717) is 16.9 Å². The fraction of sp³-hybridized carbons (Fsp3) is 0.222. The first-order valence-corrected chi connectivity index (χ1v) is 12.2. The molecule has 2 aliphatic heterocycles. The van der Waals surface area contributed by atoms with E-state index >= 15 is 0 Å². The van der Waals surface area contributed by atoms with Crippen molar-refractivity contribution in [1.82, 2.24) is 0 Å². The van der Waals surface area contributed by atoms with Crippen molar-refractivity contribution in [2.45, 2.75) is 25.6 Å². The van der Waals surface area contributed by atoms with Crippen molar-refractivity contribution < 1.29 is 18.8 Å². The van der Waals surface area contributed by atoms with E-state index in [1.807, 2.05) is 45.0 Å². The number of halogens is 1. The first-order valence-electron chi connectivity index (χ1n) is 11.2. The van der Waals surface area contributed by atoms with Gasteiger partial charge in [0.25, 0.3) is 5.91 Å². The first-order chi connectivity index (χ1) is 16.7. The molecule has 3 amide bonds. The molecule has 178 valence electrons. The minimum atomic E-state index is -1.35. The molecule has 1 fully saturated rings. The van der Waals surface area contributed by atoms with Crippen LogP contribution in [0.4, 0.5) is 21.5 Å². The third-order valence-electron chi connectivity index (χ3n) is 6.39. The summed E-state index contributed by atoms with van der Waals surface area (Å²) in [4.78, 5) is 41.7. The van der Waals surface area contributed by atoms with E-state index in [0.717, 1.165) is 22.4 Å². The second-order valence-corrected chi connectivity index (χ2v) is 10.0. The van der Waals surface area contributed by atoms with Gasteiger partial charge >= 0.3 is 0 Å². The average molecular weight is 490 g/mol. The SMILES string of the molecule is Cc1cc(C)c(NC(=O)CN2C(=O)[C@]3(SCC(=O)N3c3ccc(F)cc3)c3ccccc32)c(C)c1. The normalized spacial score (nSPS) is 19.0.